The highest BCUT2D eigenvalue weighted by Crippen LogP contribution is 2.31. The van der Waals surface area contributed by atoms with Crippen LogP contribution in [0.3, 0.4) is 0 Å². The molecular formula is C28H31FN6O4S. The molecule has 0 spiro atoms. The molecule has 1 unspecified atom stereocenters. The Balaban J connectivity index is 1.59. The van der Waals surface area contributed by atoms with Crippen molar-refractivity contribution >= 4 is 27.9 Å². The Hall–Kier alpha value is -4.13. The first-order valence-corrected chi connectivity index (χ1v) is 14.2. The molecule has 2 atom stereocenters. The Morgan fingerprint density at radius 1 is 1.02 bits per heavy atom. The van der Waals surface area contributed by atoms with Gasteiger partial charge >= 0.3 is 0 Å². The van der Waals surface area contributed by atoms with E-state index >= 15 is 0 Å². The maximum atomic E-state index is 14.2. The van der Waals surface area contributed by atoms with Crippen LogP contribution in [0.5, 0.6) is 0 Å². The molecule has 1 heterocycles. The first-order chi connectivity index (χ1) is 19.0. The number of hydrogen-bond donors (Lipinski definition) is 5. The number of benzene rings is 3. The summed E-state index contributed by atoms with van der Waals surface area (Å²) in [6, 6.07) is 19.9. The number of amidine groups is 1. The average Bonchev–Trinajstić information content (AvgIpc) is 3.41. The van der Waals surface area contributed by atoms with Crippen molar-refractivity contribution in [2.24, 2.45) is 10.9 Å². The quantitative estimate of drug-likeness (QED) is 0.185. The summed E-state index contributed by atoms with van der Waals surface area (Å²) in [7, 11) is -4.31. The van der Waals surface area contributed by atoms with E-state index in [-0.39, 0.29) is 18.7 Å². The second kappa shape index (κ2) is 12.4. The van der Waals surface area contributed by atoms with Crippen LogP contribution in [0.15, 0.2) is 78.9 Å². The number of nitrogens with zero attached hydrogens (tertiary/aromatic N) is 1. The van der Waals surface area contributed by atoms with Gasteiger partial charge in [-0.25, -0.2) is 9.53 Å². The van der Waals surface area contributed by atoms with Gasteiger partial charge in [0.2, 0.25) is 11.8 Å². The third-order valence-electron chi connectivity index (χ3n) is 6.84. The summed E-state index contributed by atoms with van der Waals surface area (Å²) in [4.78, 5) is 28.6. The fourth-order valence-electron chi connectivity index (χ4n) is 5.01. The van der Waals surface area contributed by atoms with Crippen LogP contribution in [0.1, 0.15) is 41.0 Å². The van der Waals surface area contributed by atoms with Gasteiger partial charge in [0, 0.05) is 19.0 Å². The maximum Gasteiger partial charge on any atom is 0.275 e. The summed E-state index contributed by atoms with van der Waals surface area (Å²) in [6.07, 6.45) is 0.911. The molecule has 0 radical (unpaired) electrons. The highest BCUT2D eigenvalue weighted by molar-refractivity contribution is 7.87. The van der Waals surface area contributed by atoms with E-state index in [1.54, 1.807) is 54.6 Å². The maximum absolute atomic E-state index is 14.2. The molecule has 4 rings (SSSR count). The number of amides is 2. The average molecular weight is 567 g/mol. The molecule has 40 heavy (non-hydrogen) atoms. The lowest BCUT2D eigenvalue weighted by molar-refractivity contribution is -0.140. The molecule has 10 nitrogen and oxygen atoms in total. The van der Waals surface area contributed by atoms with Gasteiger partial charge in [0.05, 0.1) is 5.56 Å². The molecule has 1 aliphatic rings. The molecular weight excluding hydrogens is 535 g/mol. The predicted molar refractivity (Wildman–Crippen MR) is 149 cm³/mol. The number of halogens is 1. The van der Waals surface area contributed by atoms with Gasteiger partial charge in [0.1, 0.15) is 23.7 Å². The van der Waals surface area contributed by atoms with E-state index in [1.807, 2.05) is 12.1 Å². The van der Waals surface area contributed by atoms with Gasteiger partial charge in [-0.05, 0) is 41.7 Å². The van der Waals surface area contributed by atoms with Gasteiger partial charge < -0.3 is 16.0 Å². The van der Waals surface area contributed by atoms with Crippen molar-refractivity contribution in [1.29, 1.82) is 5.41 Å². The number of carbonyl (C=O) groups excluding carboxylic acids is 2. The van der Waals surface area contributed by atoms with Crippen molar-refractivity contribution < 1.29 is 22.4 Å². The van der Waals surface area contributed by atoms with Crippen molar-refractivity contribution in [3.63, 3.8) is 0 Å². The molecule has 12 heteroatoms. The molecule has 0 saturated carbocycles. The molecule has 3 aromatic carbocycles. The molecule has 1 fully saturated rings. The molecule has 2 amide bonds. The van der Waals surface area contributed by atoms with E-state index in [9.17, 15) is 22.4 Å². The molecule has 0 aliphatic carbocycles. The van der Waals surface area contributed by atoms with Crippen molar-refractivity contribution in [3.05, 3.63) is 107 Å². The number of hydrogen-bond acceptors (Lipinski definition) is 5. The molecule has 0 aromatic heterocycles. The number of likely N-dealkylation sites (tertiary alicyclic amines) is 1. The lowest BCUT2D eigenvalue weighted by Gasteiger charge is -2.33. The molecule has 3 aromatic rings. The summed E-state index contributed by atoms with van der Waals surface area (Å²) in [5, 5.41) is 15.5. The second-order valence-corrected chi connectivity index (χ2v) is 10.9. The van der Waals surface area contributed by atoms with Crippen LogP contribution in [-0.2, 0) is 26.3 Å². The second-order valence-electron chi connectivity index (χ2n) is 9.57. The van der Waals surface area contributed by atoms with Crippen LogP contribution in [0, 0.1) is 11.2 Å². The Bertz CT molecular complexity index is 1450. The molecule has 210 valence electrons. The molecule has 7 N–H and O–H groups in total. The van der Waals surface area contributed by atoms with E-state index in [0.29, 0.717) is 29.5 Å². The standard InChI is InChI=1S/C28H31FN6O4S/c29-22-16-18(13-14-21(22)26(30)31)17-33-27(36)23-12-7-15-35(23)28(37)25(34-40(32,38)39)24(19-8-3-1-4-9-19)20-10-5-2-6-11-20/h1-6,8-11,13-14,16,23-25,34H,7,12,15,17H2,(H3,30,31)(H,33,36)(H2,32,38,39)/t23-,25?/m0/s1. The van der Waals surface area contributed by atoms with Crippen LogP contribution in [-0.4, -0.2) is 49.6 Å². The van der Waals surface area contributed by atoms with Crippen LogP contribution in [0.4, 0.5) is 4.39 Å². The van der Waals surface area contributed by atoms with Gasteiger partial charge in [-0.15, -0.1) is 0 Å². The lowest BCUT2D eigenvalue weighted by atomic mass is 9.84. The summed E-state index contributed by atoms with van der Waals surface area (Å²) < 4.78 is 41.1. The van der Waals surface area contributed by atoms with E-state index in [2.05, 4.69) is 10.0 Å². The zero-order chi connectivity index (χ0) is 28.9. The van der Waals surface area contributed by atoms with E-state index in [0.717, 1.165) is 0 Å². The van der Waals surface area contributed by atoms with Gasteiger partial charge in [0.15, 0.2) is 0 Å². The van der Waals surface area contributed by atoms with E-state index < -0.39 is 51.7 Å². The Kier molecular flexibility index (Phi) is 8.93. The van der Waals surface area contributed by atoms with E-state index in [1.165, 1.54) is 17.0 Å². The fourth-order valence-corrected chi connectivity index (χ4v) is 5.60. The number of rotatable bonds is 10. The van der Waals surface area contributed by atoms with Crippen molar-refractivity contribution in [1.82, 2.24) is 14.9 Å². The summed E-state index contributed by atoms with van der Waals surface area (Å²) in [5.74, 6) is -2.84. The monoisotopic (exact) mass is 566 g/mol. The molecule has 1 aliphatic heterocycles. The fraction of sp³-hybridized carbons (Fsp3) is 0.250. The minimum atomic E-state index is -4.31. The van der Waals surface area contributed by atoms with Gasteiger partial charge in [-0.1, -0.05) is 66.7 Å². The third kappa shape index (κ3) is 6.89. The van der Waals surface area contributed by atoms with Crippen molar-refractivity contribution in [2.75, 3.05) is 6.54 Å². The van der Waals surface area contributed by atoms with Crippen LogP contribution >= 0.6 is 0 Å². The summed E-state index contributed by atoms with van der Waals surface area (Å²) >= 11 is 0. The van der Waals surface area contributed by atoms with Gasteiger partial charge in [-0.3, -0.25) is 15.0 Å². The number of nitrogen functional groups attached to an aromatic ring is 1. The number of nitrogens with one attached hydrogen (secondary N) is 3. The first-order valence-electron chi connectivity index (χ1n) is 12.7. The number of nitrogens with two attached hydrogens (primary N) is 2. The minimum Gasteiger partial charge on any atom is -0.384 e. The molecule has 1 saturated heterocycles. The topological polar surface area (TPSA) is 171 Å². The summed E-state index contributed by atoms with van der Waals surface area (Å²) in [6.45, 7) is 0.236. The summed E-state index contributed by atoms with van der Waals surface area (Å²) in [5.41, 5.74) is 7.16. The highest BCUT2D eigenvalue weighted by atomic mass is 32.2. The predicted octanol–water partition coefficient (Wildman–Crippen LogP) is 1.71. The molecule has 0 bridgehead atoms. The Labute approximate surface area is 232 Å². The van der Waals surface area contributed by atoms with Crippen molar-refractivity contribution in [2.45, 2.75) is 37.4 Å². The van der Waals surface area contributed by atoms with Crippen LogP contribution in [0.2, 0.25) is 0 Å². The minimum absolute atomic E-state index is 0.0119. The largest absolute Gasteiger partial charge is 0.384 e. The van der Waals surface area contributed by atoms with Crippen LogP contribution in [0.25, 0.3) is 0 Å². The zero-order valence-corrected chi connectivity index (χ0v) is 22.4. The van der Waals surface area contributed by atoms with Gasteiger partial charge in [-0.2, -0.15) is 13.1 Å². The Morgan fingerprint density at radius 3 is 2.15 bits per heavy atom. The van der Waals surface area contributed by atoms with Crippen LogP contribution < -0.4 is 20.9 Å². The van der Waals surface area contributed by atoms with E-state index in [4.69, 9.17) is 16.3 Å². The highest BCUT2D eigenvalue weighted by Gasteiger charge is 2.42. The van der Waals surface area contributed by atoms with Gasteiger partial charge in [0.25, 0.3) is 10.2 Å². The number of carbonyl (C=O) groups is 2. The first kappa shape index (κ1) is 28.9. The Morgan fingerprint density at radius 2 is 1.62 bits per heavy atom. The lowest BCUT2D eigenvalue weighted by Crippen LogP contribution is -2.56. The SMILES string of the molecule is N=C(N)c1ccc(CNC(=O)[C@@H]2CCCN2C(=O)C(NS(N)(=O)=O)C(c2ccccc2)c2ccccc2)cc1F. The third-order valence-corrected chi connectivity index (χ3v) is 7.42. The van der Waals surface area contributed by atoms with Crippen molar-refractivity contribution in [3.8, 4) is 0 Å². The normalized spacial score (nSPS) is 16.1. The smallest absolute Gasteiger partial charge is 0.275 e. The zero-order valence-electron chi connectivity index (χ0n) is 21.6.